The van der Waals surface area contributed by atoms with Crippen LogP contribution >= 0.6 is 0 Å². The predicted molar refractivity (Wildman–Crippen MR) is 91.9 cm³/mol. The molecule has 1 N–H and O–H groups in total. The van der Waals surface area contributed by atoms with E-state index in [0.717, 1.165) is 25.7 Å². The van der Waals surface area contributed by atoms with Gasteiger partial charge >= 0.3 is 0 Å². The second kappa shape index (κ2) is 5.05. The van der Waals surface area contributed by atoms with E-state index in [4.69, 9.17) is 0 Å². The van der Waals surface area contributed by atoms with Crippen molar-refractivity contribution in [3.8, 4) is 0 Å². The molecular formula is C21H30O2. The maximum absolute atomic E-state index is 12.1. The number of ketones is 1. The van der Waals surface area contributed by atoms with Gasteiger partial charge in [0, 0.05) is 5.92 Å². The van der Waals surface area contributed by atoms with Gasteiger partial charge in [-0.3, -0.25) is 4.79 Å². The molecular weight excluding hydrogens is 284 g/mol. The van der Waals surface area contributed by atoms with Gasteiger partial charge in [0.2, 0.25) is 0 Å². The lowest BCUT2D eigenvalue weighted by atomic mass is 9.50. The maximum atomic E-state index is 12.1. The second-order valence-corrected chi connectivity index (χ2v) is 9.06. The molecule has 126 valence electrons. The van der Waals surface area contributed by atoms with Crippen LogP contribution in [0.3, 0.4) is 0 Å². The summed E-state index contributed by atoms with van der Waals surface area (Å²) in [5, 5.41) is 10.0. The van der Waals surface area contributed by atoms with Gasteiger partial charge in [0.05, 0.1) is 6.10 Å². The standard InChI is InChI=1S/C21H30O2/c1-13(22)17-6-7-18-16-5-4-14-12-15(23)8-10-20(14,2)19(16)9-11-21(17,18)3/h4-5,15,17-19,23H,6-12H2,1-3H3/t15-,17+,18-,19-,20+,21+/m0/s1. The van der Waals surface area contributed by atoms with Crippen molar-refractivity contribution in [1.82, 2.24) is 0 Å². The number of Topliss-reactive ketones (excluding diaryl/α,β-unsaturated/α-hetero) is 1. The highest BCUT2D eigenvalue weighted by atomic mass is 16.3. The van der Waals surface area contributed by atoms with E-state index in [9.17, 15) is 9.90 Å². The van der Waals surface area contributed by atoms with Gasteiger partial charge in [0.1, 0.15) is 5.78 Å². The fourth-order valence-corrected chi connectivity index (χ4v) is 6.65. The zero-order valence-corrected chi connectivity index (χ0v) is 14.8. The molecule has 4 aliphatic rings. The number of carbonyl (C=O) groups is 1. The number of aliphatic hydroxyl groups excluding tert-OH is 1. The van der Waals surface area contributed by atoms with Crippen molar-refractivity contribution in [3.63, 3.8) is 0 Å². The number of hydrogen-bond donors (Lipinski definition) is 1. The second-order valence-electron chi connectivity index (χ2n) is 9.06. The Morgan fingerprint density at radius 3 is 2.61 bits per heavy atom. The van der Waals surface area contributed by atoms with E-state index < -0.39 is 0 Å². The minimum absolute atomic E-state index is 0.147. The molecule has 0 aliphatic heterocycles. The van der Waals surface area contributed by atoms with Gasteiger partial charge in [0.15, 0.2) is 0 Å². The summed E-state index contributed by atoms with van der Waals surface area (Å²) in [4.78, 5) is 12.1. The number of rotatable bonds is 1. The molecule has 6 atom stereocenters. The Bertz CT molecular complexity index is 601. The van der Waals surface area contributed by atoms with E-state index in [0.29, 0.717) is 17.6 Å². The van der Waals surface area contributed by atoms with Crippen molar-refractivity contribution in [2.24, 2.45) is 28.6 Å². The van der Waals surface area contributed by atoms with Crippen LogP contribution in [0.15, 0.2) is 23.3 Å². The third-order valence-electron chi connectivity index (χ3n) is 8.04. The van der Waals surface area contributed by atoms with Gasteiger partial charge < -0.3 is 5.11 Å². The van der Waals surface area contributed by atoms with Crippen LogP contribution in [0.4, 0.5) is 0 Å². The summed E-state index contributed by atoms with van der Waals surface area (Å²) in [7, 11) is 0. The summed E-state index contributed by atoms with van der Waals surface area (Å²) in [6.07, 6.45) is 12.1. The minimum atomic E-state index is -0.147. The maximum Gasteiger partial charge on any atom is 0.133 e. The van der Waals surface area contributed by atoms with E-state index in [1.165, 1.54) is 24.8 Å². The third kappa shape index (κ3) is 2.06. The topological polar surface area (TPSA) is 37.3 Å². The molecule has 0 aromatic carbocycles. The van der Waals surface area contributed by atoms with Crippen LogP contribution in [0.25, 0.3) is 0 Å². The molecule has 0 bridgehead atoms. The van der Waals surface area contributed by atoms with Gasteiger partial charge in [-0.15, -0.1) is 0 Å². The molecule has 0 radical (unpaired) electrons. The molecule has 0 unspecified atom stereocenters. The predicted octanol–water partition coefficient (Wildman–Crippen LogP) is 4.44. The molecule has 3 fully saturated rings. The molecule has 0 spiro atoms. The molecule has 2 heteroatoms. The Morgan fingerprint density at radius 2 is 1.87 bits per heavy atom. The number of aliphatic hydroxyl groups is 1. The monoisotopic (exact) mass is 314 g/mol. The van der Waals surface area contributed by atoms with E-state index in [1.807, 2.05) is 0 Å². The first-order valence-electron chi connectivity index (χ1n) is 9.46. The molecule has 4 rings (SSSR count). The Kier molecular flexibility index (Phi) is 3.43. The smallest absolute Gasteiger partial charge is 0.133 e. The molecule has 0 heterocycles. The number of allylic oxidation sites excluding steroid dienone is 3. The normalized spacial score (nSPS) is 48.7. The van der Waals surface area contributed by atoms with Crippen molar-refractivity contribution in [2.45, 2.75) is 71.8 Å². The lowest BCUT2D eigenvalue weighted by Crippen LogP contribution is -2.46. The van der Waals surface area contributed by atoms with Crippen molar-refractivity contribution in [2.75, 3.05) is 0 Å². The molecule has 0 aromatic heterocycles. The fraction of sp³-hybridized carbons (Fsp3) is 0.762. The summed E-state index contributed by atoms with van der Waals surface area (Å²) < 4.78 is 0. The average molecular weight is 314 g/mol. The first-order chi connectivity index (χ1) is 10.9. The third-order valence-corrected chi connectivity index (χ3v) is 8.04. The van der Waals surface area contributed by atoms with Gasteiger partial charge in [-0.2, -0.15) is 0 Å². The zero-order chi connectivity index (χ0) is 16.4. The van der Waals surface area contributed by atoms with Crippen molar-refractivity contribution in [3.05, 3.63) is 23.3 Å². The number of carbonyl (C=O) groups excluding carboxylic acids is 1. The summed E-state index contributed by atoms with van der Waals surface area (Å²) >= 11 is 0. The Labute approximate surface area is 140 Å². The van der Waals surface area contributed by atoms with Crippen LogP contribution in [-0.4, -0.2) is 17.0 Å². The van der Waals surface area contributed by atoms with Gasteiger partial charge in [-0.1, -0.05) is 37.1 Å². The Morgan fingerprint density at radius 1 is 1.09 bits per heavy atom. The summed E-state index contributed by atoms with van der Waals surface area (Å²) in [5.74, 6) is 1.89. The average Bonchev–Trinajstić information content (AvgIpc) is 2.85. The number of fused-ring (bicyclic) bond motifs is 5. The Hall–Kier alpha value is -0.890. The van der Waals surface area contributed by atoms with Crippen molar-refractivity contribution < 1.29 is 9.90 Å². The molecule has 4 aliphatic carbocycles. The number of hydrogen-bond acceptors (Lipinski definition) is 2. The van der Waals surface area contributed by atoms with Crippen LogP contribution in [-0.2, 0) is 4.79 Å². The van der Waals surface area contributed by atoms with Crippen LogP contribution in [0.1, 0.15) is 65.7 Å². The van der Waals surface area contributed by atoms with E-state index in [2.05, 4.69) is 26.0 Å². The zero-order valence-electron chi connectivity index (χ0n) is 14.8. The molecule has 0 aromatic rings. The van der Waals surface area contributed by atoms with Crippen LogP contribution in [0.5, 0.6) is 0 Å². The van der Waals surface area contributed by atoms with Crippen molar-refractivity contribution in [1.29, 1.82) is 0 Å². The van der Waals surface area contributed by atoms with Gasteiger partial charge in [0.25, 0.3) is 0 Å². The summed E-state index contributed by atoms with van der Waals surface area (Å²) in [6, 6.07) is 0. The molecule has 3 saturated carbocycles. The molecule has 0 amide bonds. The van der Waals surface area contributed by atoms with E-state index in [1.54, 1.807) is 12.5 Å². The van der Waals surface area contributed by atoms with Crippen molar-refractivity contribution >= 4 is 5.78 Å². The van der Waals surface area contributed by atoms with Crippen LogP contribution in [0, 0.1) is 28.6 Å². The first kappa shape index (κ1) is 15.6. The largest absolute Gasteiger partial charge is 0.393 e. The lowest BCUT2D eigenvalue weighted by molar-refractivity contribution is -0.124. The Balaban J connectivity index is 1.72. The molecule has 0 saturated heterocycles. The highest BCUT2D eigenvalue weighted by molar-refractivity contribution is 5.79. The first-order valence-corrected chi connectivity index (χ1v) is 9.46. The minimum Gasteiger partial charge on any atom is -0.393 e. The lowest BCUT2D eigenvalue weighted by Gasteiger charge is -2.54. The highest BCUT2D eigenvalue weighted by Crippen LogP contribution is 2.64. The summed E-state index contributed by atoms with van der Waals surface area (Å²) in [5.41, 5.74) is 3.53. The van der Waals surface area contributed by atoms with Crippen LogP contribution < -0.4 is 0 Å². The van der Waals surface area contributed by atoms with Crippen LogP contribution in [0.2, 0.25) is 0 Å². The quantitative estimate of drug-likeness (QED) is 0.777. The van der Waals surface area contributed by atoms with Gasteiger partial charge in [-0.05, 0) is 74.5 Å². The van der Waals surface area contributed by atoms with Gasteiger partial charge in [-0.25, -0.2) is 0 Å². The SMILES string of the molecule is CC(=O)[C@H]1CC[C@H]2C3=CC=C4C[C@@H](O)CC[C@@]4(C)[C@H]3CC[C@]12C. The molecule has 2 nitrogen and oxygen atoms in total. The summed E-state index contributed by atoms with van der Waals surface area (Å²) in [6.45, 7) is 6.60. The fourth-order valence-electron chi connectivity index (χ4n) is 6.65. The van der Waals surface area contributed by atoms with E-state index in [-0.39, 0.29) is 22.9 Å². The van der Waals surface area contributed by atoms with E-state index >= 15 is 0 Å². The highest BCUT2D eigenvalue weighted by Gasteiger charge is 2.57. The molecule has 23 heavy (non-hydrogen) atoms.